The van der Waals surface area contributed by atoms with Gasteiger partial charge in [0.1, 0.15) is 0 Å². The van der Waals surface area contributed by atoms with Crippen molar-refractivity contribution in [3.63, 3.8) is 0 Å². The van der Waals surface area contributed by atoms with Crippen molar-refractivity contribution in [1.29, 1.82) is 0 Å². The molecule has 0 saturated carbocycles. The van der Waals surface area contributed by atoms with Crippen molar-refractivity contribution >= 4 is 0 Å². The van der Waals surface area contributed by atoms with Crippen LogP contribution in [-0.4, -0.2) is 24.4 Å². The van der Waals surface area contributed by atoms with Gasteiger partial charge in [-0.2, -0.15) is 0 Å². The normalized spacial score (nSPS) is 11.3. The molecule has 2 nitrogen and oxygen atoms in total. The average molecular weight is 248 g/mol. The Morgan fingerprint density at radius 2 is 1.18 bits per heavy atom. The van der Waals surface area contributed by atoms with E-state index in [4.69, 9.17) is 9.47 Å². The summed E-state index contributed by atoms with van der Waals surface area (Å²) in [5.74, 6) is 0. The highest BCUT2D eigenvalue weighted by atomic mass is 16.5. The van der Waals surface area contributed by atoms with E-state index in [0.717, 1.165) is 13.2 Å². The fourth-order valence-electron chi connectivity index (χ4n) is 0.956. The lowest BCUT2D eigenvalue weighted by molar-refractivity contribution is -0.00417. The standard InChI is InChI=1S/C8H18O.C6H14O.CH4/c1-5-6-7-9-8(2,3)4;1-5-7-6(2,3)4;/h5-7H2,1-4H3;5H2,1-4H3;1H4. The minimum Gasteiger partial charge on any atom is -0.376 e. The number of ether oxygens (including phenoxy) is 2. The Labute approximate surface area is 110 Å². The summed E-state index contributed by atoms with van der Waals surface area (Å²) in [5.41, 5.74) is 0.101. The maximum absolute atomic E-state index is 5.47. The second-order valence-electron chi connectivity index (χ2n) is 5.86. The Morgan fingerprint density at radius 1 is 0.765 bits per heavy atom. The molecule has 0 bridgehead atoms. The van der Waals surface area contributed by atoms with Crippen LogP contribution in [-0.2, 0) is 9.47 Å². The molecular formula is C15H36O2. The lowest BCUT2D eigenvalue weighted by atomic mass is 10.2. The number of hydrogen-bond acceptors (Lipinski definition) is 2. The molecule has 0 N–H and O–H groups in total. The van der Waals surface area contributed by atoms with Crippen LogP contribution in [0.15, 0.2) is 0 Å². The van der Waals surface area contributed by atoms with Crippen LogP contribution in [0.2, 0.25) is 0 Å². The van der Waals surface area contributed by atoms with Gasteiger partial charge < -0.3 is 9.47 Å². The summed E-state index contributed by atoms with van der Waals surface area (Å²) in [6.07, 6.45) is 2.40. The topological polar surface area (TPSA) is 18.5 Å². The van der Waals surface area contributed by atoms with Crippen molar-refractivity contribution in [3.8, 4) is 0 Å². The molecule has 17 heavy (non-hydrogen) atoms. The maximum atomic E-state index is 5.47. The minimum absolute atomic E-state index is 0. The van der Waals surface area contributed by atoms with Crippen LogP contribution in [0.1, 0.15) is 75.7 Å². The van der Waals surface area contributed by atoms with Crippen LogP contribution in [0.5, 0.6) is 0 Å². The fraction of sp³-hybridized carbons (Fsp3) is 1.00. The largest absolute Gasteiger partial charge is 0.376 e. The molecule has 0 aromatic heterocycles. The SMILES string of the molecule is C.CCCCOC(C)(C)C.CCOC(C)(C)C. The van der Waals surface area contributed by atoms with Crippen molar-refractivity contribution < 1.29 is 9.47 Å². The maximum Gasteiger partial charge on any atom is 0.0598 e. The molecule has 0 unspecified atom stereocenters. The first-order chi connectivity index (χ1) is 7.12. The van der Waals surface area contributed by atoms with E-state index in [2.05, 4.69) is 48.5 Å². The van der Waals surface area contributed by atoms with Gasteiger partial charge in [-0.25, -0.2) is 0 Å². The lowest BCUT2D eigenvalue weighted by Crippen LogP contribution is -2.19. The Hall–Kier alpha value is -0.0800. The zero-order valence-electron chi connectivity index (χ0n) is 12.6. The quantitative estimate of drug-likeness (QED) is 0.647. The van der Waals surface area contributed by atoms with E-state index in [1.165, 1.54) is 12.8 Å². The van der Waals surface area contributed by atoms with Crippen LogP contribution in [0.4, 0.5) is 0 Å². The third-order valence-electron chi connectivity index (χ3n) is 1.61. The van der Waals surface area contributed by atoms with Gasteiger partial charge in [0, 0.05) is 13.2 Å². The van der Waals surface area contributed by atoms with Gasteiger partial charge in [0.15, 0.2) is 0 Å². The molecule has 0 atom stereocenters. The minimum atomic E-state index is 0. The van der Waals surface area contributed by atoms with Crippen molar-refractivity contribution in [2.45, 2.75) is 86.9 Å². The van der Waals surface area contributed by atoms with Crippen molar-refractivity contribution in [2.24, 2.45) is 0 Å². The molecule has 2 heteroatoms. The second-order valence-corrected chi connectivity index (χ2v) is 5.86. The van der Waals surface area contributed by atoms with E-state index in [9.17, 15) is 0 Å². The number of hydrogen-bond donors (Lipinski definition) is 0. The lowest BCUT2D eigenvalue weighted by Gasteiger charge is -2.18. The highest BCUT2D eigenvalue weighted by Gasteiger charge is 2.08. The number of rotatable bonds is 4. The molecule has 0 aliphatic heterocycles. The molecule has 0 aromatic carbocycles. The van der Waals surface area contributed by atoms with Gasteiger partial charge >= 0.3 is 0 Å². The predicted molar refractivity (Wildman–Crippen MR) is 78.7 cm³/mol. The zero-order valence-corrected chi connectivity index (χ0v) is 12.6. The summed E-state index contributed by atoms with van der Waals surface area (Å²) < 4.78 is 10.7. The van der Waals surface area contributed by atoms with Crippen LogP contribution < -0.4 is 0 Å². The molecule has 0 amide bonds. The summed E-state index contributed by atoms with van der Waals surface area (Å²) in [7, 11) is 0. The third kappa shape index (κ3) is 31.3. The first-order valence-corrected chi connectivity index (χ1v) is 6.40. The van der Waals surface area contributed by atoms with Gasteiger partial charge in [-0.1, -0.05) is 20.8 Å². The Bertz CT molecular complexity index is 140. The molecule has 0 aliphatic carbocycles. The van der Waals surface area contributed by atoms with Crippen molar-refractivity contribution in [1.82, 2.24) is 0 Å². The fourth-order valence-corrected chi connectivity index (χ4v) is 0.956. The van der Waals surface area contributed by atoms with Crippen LogP contribution in [0, 0.1) is 0 Å². The van der Waals surface area contributed by atoms with Gasteiger partial charge in [0.05, 0.1) is 11.2 Å². The first-order valence-electron chi connectivity index (χ1n) is 6.40. The third-order valence-corrected chi connectivity index (χ3v) is 1.61. The van der Waals surface area contributed by atoms with Crippen LogP contribution >= 0.6 is 0 Å². The van der Waals surface area contributed by atoms with E-state index in [0.29, 0.717) is 0 Å². The van der Waals surface area contributed by atoms with Gasteiger partial charge in [0.25, 0.3) is 0 Å². The highest BCUT2D eigenvalue weighted by molar-refractivity contribution is 4.58. The monoisotopic (exact) mass is 248 g/mol. The van der Waals surface area contributed by atoms with Gasteiger partial charge in [-0.15, -0.1) is 0 Å². The molecule has 0 aromatic rings. The number of unbranched alkanes of at least 4 members (excludes halogenated alkanes) is 1. The molecule has 0 radical (unpaired) electrons. The molecule has 0 fully saturated rings. The molecule has 108 valence electrons. The smallest absolute Gasteiger partial charge is 0.0598 e. The Balaban J connectivity index is -0.000000224. The predicted octanol–water partition coefficient (Wildman–Crippen LogP) is 5.06. The van der Waals surface area contributed by atoms with Crippen molar-refractivity contribution in [2.75, 3.05) is 13.2 Å². The molecule has 0 heterocycles. The van der Waals surface area contributed by atoms with Gasteiger partial charge in [-0.3, -0.25) is 0 Å². The summed E-state index contributed by atoms with van der Waals surface area (Å²) in [5, 5.41) is 0. The van der Waals surface area contributed by atoms with Crippen molar-refractivity contribution in [3.05, 3.63) is 0 Å². The summed E-state index contributed by atoms with van der Waals surface area (Å²) in [4.78, 5) is 0. The zero-order chi connectivity index (χ0) is 13.2. The highest BCUT2D eigenvalue weighted by Crippen LogP contribution is 2.07. The van der Waals surface area contributed by atoms with Gasteiger partial charge in [-0.05, 0) is 54.9 Å². The van der Waals surface area contributed by atoms with E-state index in [-0.39, 0.29) is 18.6 Å². The van der Waals surface area contributed by atoms with Gasteiger partial charge in [0.2, 0.25) is 0 Å². The van der Waals surface area contributed by atoms with E-state index < -0.39 is 0 Å². The summed E-state index contributed by atoms with van der Waals surface area (Å²) in [6.45, 7) is 18.3. The van der Waals surface area contributed by atoms with E-state index in [1.54, 1.807) is 0 Å². The molecule has 0 aliphatic rings. The molecule has 0 rings (SSSR count). The Morgan fingerprint density at radius 3 is 1.35 bits per heavy atom. The average Bonchev–Trinajstić information content (AvgIpc) is 2.01. The molecule has 0 spiro atoms. The van der Waals surface area contributed by atoms with Crippen LogP contribution in [0.3, 0.4) is 0 Å². The molecular weight excluding hydrogens is 212 g/mol. The summed E-state index contributed by atoms with van der Waals surface area (Å²) >= 11 is 0. The summed E-state index contributed by atoms with van der Waals surface area (Å²) in [6, 6.07) is 0. The Kier molecular flexibility index (Phi) is 14.4. The van der Waals surface area contributed by atoms with E-state index >= 15 is 0 Å². The first kappa shape index (κ1) is 22.1. The molecule has 0 saturated heterocycles. The van der Waals surface area contributed by atoms with Crippen LogP contribution in [0.25, 0.3) is 0 Å². The van der Waals surface area contributed by atoms with E-state index in [1.807, 2.05) is 6.92 Å². The second kappa shape index (κ2) is 11.0.